The summed E-state index contributed by atoms with van der Waals surface area (Å²) in [6.07, 6.45) is 0.373. The summed E-state index contributed by atoms with van der Waals surface area (Å²) in [4.78, 5) is 12.4. The number of nitrogens with zero attached hydrogens (tertiary/aromatic N) is 1. The largest absolute Gasteiger partial charge is 0.387 e. The highest BCUT2D eigenvalue weighted by atomic mass is 35.5. The molecule has 5 nitrogen and oxygen atoms in total. The van der Waals surface area contributed by atoms with Crippen molar-refractivity contribution in [2.24, 2.45) is 0 Å². The van der Waals surface area contributed by atoms with Crippen LogP contribution in [-0.2, 0) is 0 Å². The van der Waals surface area contributed by atoms with Gasteiger partial charge in [0.15, 0.2) is 0 Å². The van der Waals surface area contributed by atoms with Crippen LogP contribution >= 0.6 is 11.6 Å². The molecule has 3 N–H and O–H groups in total. The highest BCUT2D eigenvalue weighted by molar-refractivity contribution is 6.33. The fourth-order valence-electron chi connectivity index (χ4n) is 2.44. The molecule has 1 unspecified atom stereocenters. The number of hydrogen-bond acceptors (Lipinski definition) is 3. The van der Waals surface area contributed by atoms with Crippen molar-refractivity contribution in [1.29, 1.82) is 0 Å². The summed E-state index contributed by atoms with van der Waals surface area (Å²) in [5.74, 6) is -0.863. The number of halogens is 2. The predicted molar refractivity (Wildman–Crippen MR) is 92.7 cm³/mol. The van der Waals surface area contributed by atoms with Gasteiger partial charge in [-0.05, 0) is 23.8 Å². The standard InChI is InChI=1S/C18H15ClFN3O2/c19-15-7-2-1-6-13(15)17-14(9-22-23-17)18(25)21-10-16(24)11-4-3-5-12(20)8-11/h1-9,16,24H,10H2,(H,21,25)(H,22,23). The molecular formula is C18H15ClFN3O2. The molecule has 2 aromatic carbocycles. The van der Waals surface area contributed by atoms with E-state index in [4.69, 9.17) is 11.6 Å². The molecule has 0 saturated carbocycles. The minimum Gasteiger partial charge on any atom is -0.387 e. The minimum absolute atomic E-state index is 0.0601. The fourth-order valence-corrected chi connectivity index (χ4v) is 2.67. The number of nitrogens with one attached hydrogen (secondary N) is 2. The number of benzene rings is 2. The Bertz CT molecular complexity index is 897. The predicted octanol–water partition coefficient (Wildman–Crippen LogP) is 3.33. The number of carbonyl (C=O) groups excluding carboxylic acids is 1. The fraction of sp³-hybridized carbons (Fsp3) is 0.111. The van der Waals surface area contributed by atoms with Crippen LogP contribution in [0.15, 0.2) is 54.7 Å². The molecule has 7 heteroatoms. The first-order chi connectivity index (χ1) is 12.1. The first-order valence-electron chi connectivity index (χ1n) is 7.56. The Hall–Kier alpha value is -2.70. The van der Waals surface area contributed by atoms with Gasteiger partial charge < -0.3 is 10.4 Å². The molecule has 0 saturated heterocycles. The van der Waals surface area contributed by atoms with E-state index in [0.717, 1.165) is 0 Å². The van der Waals surface area contributed by atoms with Crippen LogP contribution in [0.5, 0.6) is 0 Å². The minimum atomic E-state index is -1.02. The van der Waals surface area contributed by atoms with Gasteiger partial charge in [-0.1, -0.05) is 41.9 Å². The molecule has 0 aliphatic rings. The van der Waals surface area contributed by atoms with Crippen LogP contribution in [-0.4, -0.2) is 27.8 Å². The van der Waals surface area contributed by atoms with Crippen molar-refractivity contribution in [2.75, 3.05) is 6.54 Å². The summed E-state index contributed by atoms with van der Waals surface area (Å²) < 4.78 is 13.2. The second-order valence-electron chi connectivity index (χ2n) is 5.42. The maximum Gasteiger partial charge on any atom is 0.255 e. The summed E-state index contributed by atoms with van der Waals surface area (Å²) >= 11 is 6.16. The van der Waals surface area contributed by atoms with E-state index in [1.807, 2.05) is 0 Å². The van der Waals surface area contributed by atoms with E-state index in [-0.39, 0.29) is 6.54 Å². The van der Waals surface area contributed by atoms with Gasteiger partial charge in [-0.15, -0.1) is 0 Å². The SMILES string of the molecule is O=C(NCC(O)c1cccc(F)c1)c1cn[nH]c1-c1ccccc1Cl. The van der Waals surface area contributed by atoms with E-state index in [9.17, 15) is 14.3 Å². The third-order valence-corrected chi connectivity index (χ3v) is 4.05. The molecule has 1 aromatic heterocycles. The topological polar surface area (TPSA) is 78.0 Å². The normalized spacial score (nSPS) is 12.0. The van der Waals surface area contributed by atoms with E-state index in [1.54, 1.807) is 30.3 Å². The molecule has 0 fully saturated rings. The van der Waals surface area contributed by atoms with E-state index in [2.05, 4.69) is 15.5 Å². The monoisotopic (exact) mass is 359 g/mol. The van der Waals surface area contributed by atoms with Crippen LogP contribution in [0.2, 0.25) is 5.02 Å². The molecule has 25 heavy (non-hydrogen) atoms. The molecular weight excluding hydrogens is 345 g/mol. The van der Waals surface area contributed by atoms with Crippen LogP contribution in [0.1, 0.15) is 22.0 Å². The summed E-state index contributed by atoms with van der Waals surface area (Å²) in [6, 6.07) is 12.7. The second-order valence-corrected chi connectivity index (χ2v) is 5.83. The lowest BCUT2D eigenvalue weighted by atomic mass is 10.1. The number of aliphatic hydroxyl groups excluding tert-OH is 1. The van der Waals surface area contributed by atoms with Gasteiger partial charge >= 0.3 is 0 Å². The van der Waals surface area contributed by atoms with Gasteiger partial charge in [-0.25, -0.2) is 4.39 Å². The second kappa shape index (κ2) is 7.46. The summed E-state index contributed by atoms with van der Waals surface area (Å²) in [7, 11) is 0. The molecule has 1 heterocycles. The van der Waals surface area contributed by atoms with Crippen LogP contribution < -0.4 is 5.32 Å². The molecule has 3 rings (SSSR count). The molecule has 0 aliphatic carbocycles. The molecule has 3 aromatic rings. The van der Waals surface area contributed by atoms with E-state index in [1.165, 1.54) is 24.4 Å². The third kappa shape index (κ3) is 3.87. The molecule has 128 valence electrons. The van der Waals surface area contributed by atoms with E-state index < -0.39 is 17.8 Å². The Morgan fingerprint density at radius 3 is 2.84 bits per heavy atom. The highest BCUT2D eigenvalue weighted by Gasteiger charge is 2.18. The van der Waals surface area contributed by atoms with Crippen molar-refractivity contribution in [1.82, 2.24) is 15.5 Å². The molecule has 1 amide bonds. The number of aromatic nitrogens is 2. The van der Waals surface area contributed by atoms with Crippen molar-refractivity contribution < 1.29 is 14.3 Å². The van der Waals surface area contributed by atoms with Crippen molar-refractivity contribution in [3.8, 4) is 11.3 Å². The number of hydrogen-bond donors (Lipinski definition) is 3. The molecule has 0 spiro atoms. The lowest BCUT2D eigenvalue weighted by molar-refractivity contribution is 0.0917. The zero-order chi connectivity index (χ0) is 17.8. The number of amides is 1. The molecule has 1 atom stereocenters. The maximum atomic E-state index is 13.2. The van der Waals surface area contributed by atoms with Gasteiger partial charge in [-0.3, -0.25) is 9.89 Å². The van der Waals surface area contributed by atoms with E-state index in [0.29, 0.717) is 27.4 Å². The zero-order valence-electron chi connectivity index (χ0n) is 13.0. The molecule has 0 radical (unpaired) electrons. The number of aromatic amines is 1. The zero-order valence-corrected chi connectivity index (χ0v) is 13.8. The number of aliphatic hydroxyl groups is 1. The van der Waals surface area contributed by atoms with Gasteiger partial charge in [0.25, 0.3) is 5.91 Å². The van der Waals surface area contributed by atoms with Crippen LogP contribution in [0.3, 0.4) is 0 Å². The Kier molecular flexibility index (Phi) is 5.11. The average Bonchev–Trinajstić information content (AvgIpc) is 3.09. The van der Waals surface area contributed by atoms with Crippen molar-refractivity contribution in [3.63, 3.8) is 0 Å². The lowest BCUT2D eigenvalue weighted by Gasteiger charge is -2.12. The van der Waals surface area contributed by atoms with Gasteiger partial charge in [0, 0.05) is 17.1 Å². The Morgan fingerprint density at radius 1 is 1.28 bits per heavy atom. The molecule has 0 aliphatic heterocycles. The Labute approximate surface area is 148 Å². The average molecular weight is 360 g/mol. The summed E-state index contributed by atoms with van der Waals surface area (Å²) in [5.41, 5.74) is 1.83. The van der Waals surface area contributed by atoms with Gasteiger partial charge in [-0.2, -0.15) is 5.10 Å². The van der Waals surface area contributed by atoms with Gasteiger partial charge in [0.1, 0.15) is 5.82 Å². The summed E-state index contributed by atoms with van der Waals surface area (Å²) in [5, 5.41) is 19.9. The van der Waals surface area contributed by atoms with Crippen molar-refractivity contribution in [2.45, 2.75) is 6.10 Å². The van der Waals surface area contributed by atoms with Gasteiger partial charge in [0.05, 0.1) is 23.6 Å². The smallest absolute Gasteiger partial charge is 0.255 e. The van der Waals surface area contributed by atoms with Gasteiger partial charge in [0.2, 0.25) is 0 Å². The number of H-pyrrole nitrogens is 1. The Morgan fingerprint density at radius 2 is 2.08 bits per heavy atom. The lowest BCUT2D eigenvalue weighted by Crippen LogP contribution is -2.28. The van der Waals surface area contributed by atoms with Crippen LogP contribution in [0.25, 0.3) is 11.3 Å². The number of carbonyl (C=O) groups is 1. The third-order valence-electron chi connectivity index (χ3n) is 3.72. The highest BCUT2D eigenvalue weighted by Crippen LogP contribution is 2.28. The van der Waals surface area contributed by atoms with Crippen molar-refractivity contribution >= 4 is 17.5 Å². The Balaban J connectivity index is 1.73. The van der Waals surface area contributed by atoms with E-state index >= 15 is 0 Å². The van der Waals surface area contributed by atoms with Crippen molar-refractivity contribution in [3.05, 3.63) is 76.7 Å². The summed E-state index contributed by atoms with van der Waals surface area (Å²) in [6.45, 7) is -0.0601. The number of rotatable bonds is 5. The first kappa shape index (κ1) is 17.1. The maximum absolute atomic E-state index is 13.2. The van der Waals surface area contributed by atoms with Crippen LogP contribution in [0.4, 0.5) is 4.39 Å². The first-order valence-corrected chi connectivity index (χ1v) is 7.94. The quantitative estimate of drug-likeness (QED) is 0.654. The van der Waals surface area contributed by atoms with Crippen LogP contribution in [0, 0.1) is 5.82 Å². The molecule has 0 bridgehead atoms.